The first kappa shape index (κ1) is 22.0. The molecule has 0 aliphatic carbocycles. The van der Waals surface area contributed by atoms with Gasteiger partial charge >= 0.3 is 39.0 Å². The smallest absolute Gasteiger partial charge is 0.310 e. The van der Waals surface area contributed by atoms with Gasteiger partial charge in [-0.05, 0) is 22.5 Å². The summed E-state index contributed by atoms with van der Waals surface area (Å²) < 4.78 is 111. The Bertz CT molecular complexity index is 699. The highest BCUT2D eigenvalue weighted by Crippen LogP contribution is 2.83. The van der Waals surface area contributed by atoms with Crippen LogP contribution in [0, 0.1) is 0 Å². The van der Waals surface area contributed by atoms with Crippen LogP contribution in [0.3, 0.4) is 0 Å². The van der Waals surface area contributed by atoms with E-state index in [1.54, 1.807) is 0 Å². The summed E-state index contributed by atoms with van der Waals surface area (Å²) in [6.45, 7) is -12.7. The third kappa shape index (κ3) is 3.96. The lowest BCUT2D eigenvalue weighted by molar-refractivity contribution is -0.319. The monoisotopic (exact) mass is 477 g/mol. The number of alkyl halides is 6. The van der Waals surface area contributed by atoms with Crippen molar-refractivity contribution in [1.29, 1.82) is 0 Å². The fraction of sp³-hybridized carbons (Fsp3) is 1.00. The van der Waals surface area contributed by atoms with Gasteiger partial charge in [0.05, 0.1) is 0 Å². The number of rotatable bonds is 2. The first-order chi connectivity index (χ1) is 11.2. The quantitative estimate of drug-likeness (QED) is 0.333. The van der Waals surface area contributed by atoms with E-state index in [4.69, 9.17) is 31.5 Å². The Balaban J connectivity index is 2.67. The van der Waals surface area contributed by atoms with Gasteiger partial charge in [-0.15, -0.1) is 0 Å². The van der Waals surface area contributed by atoms with Gasteiger partial charge in [-0.2, -0.15) is 39.9 Å². The second kappa shape index (κ2) is 6.64. The molecule has 0 fully saturated rings. The average Bonchev–Trinajstić information content (AvgIpc) is 2.49. The summed E-state index contributed by atoms with van der Waals surface area (Å²) in [7, 11) is -1.61. The molecular formula is C7H10Cl2F6N3O4P3. The molecule has 2 aliphatic heterocycles. The minimum absolute atomic E-state index is 1.04. The van der Waals surface area contributed by atoms with E-state index < -0.39 is 52.2 Å². The van der Waals surface area contributed by atoms with Gasteiger partial charge in [0.15, 0.2) is 0 Å². The van der Waals surface area contributed by atoms with Gasteiger partial charge in [0, 0.05) is 14.2 Å². The molecule has 0 aromatic heterocycles. The molecule has 0 unspecified atom stereocenters. The summed E-state index contributed by atoms with van der Waals surface area (Å²) in [4.78, 5) is 0. The van der Waals surface area contributed by atoms with Crippen LogP contribution in [0.15, 0.2) is 13.5 Å². The Kier molecular flexibility index (Phi) is 5.84. The van der Waals surface area contributed by atoms with Crippen molar-refractivity contribution in [3.8, 4) is 0 Å². The van der Waals surface area contributed by atoms with Crippen molar-refractivity contribution in [2.45, 2.75) is 17.8 Å². The predicted molar refractivity (Wildman–Crippen MR) is 80.5 cm³/mol. The average molecular weight is 478 g/mol. The van der Waals surface area contributed by atoms with Crippen LogP contribution < -0.4 is 0 Å². The standard InChI is InChI=1S/C7H10Cl2F6N3O4P3/c1-19-25(20-2)17-23(8)16-24(9,18-25)22-4-6(12,13)7(14,15)5(10,11)3-21-23/h3-4H2,1-2H3/t23-,24+. The molecule has 0 aromatic carbocycles. The number of fused-ring (bicyclic) bond motifs is 1. The lowest BCUT2D eigenvalue weighted by atomic mass is 10.1. The van der Waals surface area contributed by atoms with E-state index in [-0.39, 0.29) is 0 Å². The van der Waals surface area contributed by atoms with Crippen molar-refractivity contribution in [3.63, 3.8) is 0 Å². The molecule has 0 N–H and O–H groups in total. The van der Waals surface area contributed by atoms with E-state index in [0.717, 1.165) is 14.2 Å². The van der Waals surface area contributed by atoms with E-state index in [0.29, 0.717) is 0 Å². The Morgan fingerprint density at radius 3 is 1.60 bits per heavy atom. The van der Waals surface area contributed by atoms with Crippen molar-refractivity contribution in [2.24, 2.45) is 13.5 Å². The zero-order valence-corrected chi connectivity index (χ0v) is 16.4. The van der Waals surface area contributed by atoms with Gasteiger partial charge < -0.3 is 18.1 Å². The number of hydrogen-bond donors (Lipinski definition) is 0. The zero-order chi connectivity index (χ0) is 19.4. The van der Waals surface area contributed by atoms with Gasteiger partial charge in [-0.3, -0.25) is 0 Å². The maximum atomic E-state index is 13.6. The second-order valence-electron chi connectivity index (χ2n) is 4.60. The SMILES string of the molecule is COP1(OC)=N[P@@]2(Cl)=N[P@@](Cl)(=N1)OCC(F)(F)C(F)(F)C(F)(F)CO2. The topological polar surface area (TPSA) is 74.0 Å². The Morgan fingerprint density at radius 1 is 0.800 bits per heavy atom. The number of hydrogen-bond acceptors (Lipinski definition) is 7. The molecule has 7 nitrogen and oxygen atoms in total. The van der Waals surface area contributed by atoms with Crippen LogP contribution in [-0.4, -0.2) is 45.2 Å². The van der Waals surface area contributed by atoms with Gasteiger partial charge in [0.1, 0.15) is 13.2 Å². The van der Waals surface area contributed by atoms with Crippen molar-refractivity contribution < 1.29 is 44.4 Å². The van der Waals surface area contributed by atoms with Crippen LogP contribution in [0.2, 0.25) is 0 Å². The number of halogens is 8. The molecule has 2 heterocycles. The molecule has 2 atom stereocenters. The highest BCUT2D eigenvalue weighted by molar-refractivity contribution is 8.00. The summed E-state index contributed by atoms with van der Waals surface area (Å²) >= 11 is 11.8. The first-order valence-electron chi connectivity index (χ1n) is 6.00. The fourth-order valence-corrected chi connectivity index (χ4v) is 12.9. The minimum atomic E-state index is -5.81. The summed E-state index contributed by atoms with van der Waals surface area (Å²) in [6.07, 6.45) is 0. The van der Waals surface area contributed by atoms with Crippen molar-refractivity contribution in [3.05, 3.63) is 0 Å². The Labute approximate surface area is 147 Å². The molecule has 25 heavy (non-hydrogen) atoms. The maximum absolute atomic E-state index is 13.6. The van der Waals surface area contributed by atoms with Crippen LogP contribution in [0.4, 0.5) is 26.3 Å². The molecule has 18 heteroatoms. The van der Waals surface area contributed by atoms with Gasteiger partial charge in [-0.25, -0.2) is 0 Å². The van der Waals surface area contributed by atoms with E-state index >= 15 is 0 Å². The van der Waals surface area contributed by atoms with Crippen LogP contribution in [0.5, 0.6) is 0 Å². The van der Waals surface area contributed by atoms with Gasteiger partial charge in [0.25, 0.3) is 0 Å². The summed E-state index contributed by atoms with van der Waals surface area (Å²) in [5.74, 6) is -16.4. The largest absolute Gasteiger partial charge is 0.376 e. The second-order valence-corrected chi connectivity index (χ2v) is 13.5. The zero-order valence-electron chi connectivity index (χ0n) is 12.3. The Hall–Kier alpha value is 0.690. The highest BCUT2D eigenvalue weighted by atomic mass is 35.7. The van der Waals surface area contributed by atoms with Crippen molar-refractivity contribution >= 4 is 43.7 Å². The molecule has 0 amide bonds. The molecule has 2 bridgehead atoms. The van der Waals surface area contributed by atoms with E-state index in [1.807, 2.05) is 0 Å². The summed E-state index contributed by atoms with van der Waals surface area (Å²) in [6, 6.07) is 0. The van der Waals surface area contributed by atoms with Crippen molar-refractivity contribution in [2.75, 3.05) is 27.4 Å². The summed E-state index contributed by atoms with van der Waals surface area (Å²) in [5.41, 5.74) is 0. The molecule has 0 aromatic rings. The summed E-state index contributed by atoms with van der Waals surface area (Å²) in [5, 5.41) is 0. The molecule has 0 saturated carbocycles. The normalized spacial score (nSPS) is 38.6. The van der Waals surface area contributed by atoms with Gasteiger partial charge in [0.2, 0.25) is 0 Å². The lowest BCUT2D eigenvalue weighted by Crippen LogP contribution is -2.57. The number of nitrogens with zero attached hydrogens (tertiary/aromatic N) is 3. The molecular weight excluding hydrogens is 468 g/mol. The molecule has 2 aliphatic rings. The van der Waals surface area contributed by atoms with Crippen LogP contribution in [0.25, 0.3) is 0 Å². The molecule has 2 rings (SSSR count). The highest BCUT2D eigenvalue weighted by Gasteiger charge is 2.72. The fourth-order valence-electron chi connectivity index (χ4n) is 1.57. The third-order valence-corrected chi connectivity index (χ3v) is 13.1. The molecule has 0 radical (unpaired) electrons. The van der Waals surface area contributed by atoms with Gasteiger partial charge in [-0.1, -0.05) is 0 Å². The van der Waals surface area contributed by atoms with Crippen molar-refractivity contribution in [1.82, 2.24) is 0 Å². The van der Waals surface area contributed by atoms with Crippen LogP contribution in [-0.2, 0) is 18.1 Å². The lowest BCUT2D eigenvalue weighted by Gasteiger charge is -2.36. The third-order valence-electron chi connectivity index (χ3n) is 2.88. The van der Waals surface area contributed by atoms with Crippen LogP contribution in [0.1, 0.15) is 0 Å². The predicted octanol–water partition coefficient (Wildman–Crippen LogP) is 6.56. The Morgan fingerprint density at radius 2 is 1.20 bits per heavy atom. The molecule has 0 spiro atoms. The maximum Gasteiger partial charge on any atom is 0.376 e. The molecule has 148 valence electrons. The van der Waals surface area contributed by atoms with E-state index in [9.17, 15) is 26.3 Å². The minimum Gasteiger partial charge on any atom is -0.310 e. The molecule has 0 saturated heterocycles. The first-order valence-corrected chi connectivity index (χ1v) is 12.6. The van der Waals surface area contributed by atoms with E-state index in [1.165, 1.54) is 0 Å². The van der Waals surface area contributed by atoms with Crippen LogP contribution >= 0.6 is 43.7 Å². The van der Waals surface area contributed by atoms with E-state index in [2.05, 4.69) is 22.6 Å².